The van der Waals surface area contributed by atoms with Gasteiger partial charge in [-0.1, -0.05) is 35.9 Å². The molecule has 1 aliphatic rings. The molecule has 28 heavy (non-hydrogen) atoms. The molecule has 0 bridgehead atoms. The number of carbonyl (C=O) groups is 1. The predicted octanol–water partition coefficient (Wildman–Crippen LogP) is 2.98. The molecule has 1 aliphatic carbocycles. The van der Waals surface area contributed by atoms with Crippen molar-refractivity contribution in [1.29, 1.82) is 0 Å². The van der Waals surface area contributed by atoms with Gasteiger partial charge in [0, 0.05) is 18.2 Å². The highest BCUT2D eigenvalue weighted by Gasteiger charge is 2.28. The minimum atomic E-state index is -3.98. The Hall–Kier alpha value is -2.34. The van der Waals surface area contributed by atoms with E-state index in [1.165, 1.54) is 22.9 Å². The second-order valence-corrected chi connectivity index (χ2v) is 10.1. The van der Waals surface area contributed by atoms with Crippen LogP contribution in [0.15, 0.2) is 61.1 Å². The van der Waals surface area contributed by atoms with Crippen LogP contribution in [0.1, 0.15) is 15.9 Å². The normalized spacial score (nSPS) is 15.6. The molecule has 3 aromatic rings. The standard InChI is InChI=1S/C16H10ClN5O3S3/c1-22-16(18-20-21-22)26-12-8-11(9-4-2-3-5-10(9)15(12)23)19-28(24,25)14-7-6-13(17)27-14/h2-8H,1H3/b19-11+. The van der Waals surface area contributed by atoms with E-state index < -0.39 is 10.0 Å². The van der Waals surface area contributed by atoms with E-state index in [-0.39, 0.29) is 20.6 Å². The lowest BCUT2D eigenvalue weighted by Crippen LogP contribution is -2.17. The summed E-state index contributed by atoms with van der Waals surface area (Å²) < 4.78 is 31.1. The van der Waals surface area contributed by atoms with E-state index in [1.807, 2.05) is 0 Å². The van der Waals surface area contributed by atoms with Crippen LogP contribution in [-0.2, 0) is 17.1 Å². The van der Waals surface area contributed by atoms with Crippen LogP contribution in [0.25, 0.3) is 0 Å². The molecule has 8 nitrogen and oxygen atoms in total. The molecule has 12 heteroatoms. The monoisotopic (exact) mass is 451 g/mol. The molecule has 0 atom stereocenters. The lowest BCUT2D eigenvalue weighted by molar-refractivity contribution is 0.104. The minimum absolute atomic E-state index is 0.0273. The largest absolute Gasteiger partial charge is 0.292 e. The lowest BCUT2D eigenvalue weighted by Gasteiger charge is -2.16. The Labute approximate surface area is 173 Å². The highest BCUT2D eigenvalue weighted by Crippen LogP contribution is 2.33. The number of ketones is 1. The van der Waals surface area contributed by atoms with Crippen molar-refractivity contribution in [2.75, 3.05) is 0 Å². The van der Waals surface area contributed by atoms with Crippen molar-refractivity contribution in [2.45, 2.75) is 9.37 Å². The Morgan fingerprint density at radius 1 is 1.18 bits per heavy atom. The first-order chi connectivity index (χ1) is 13.3. The molecule has 0 N–H and O–H groups in total. The Balaban J connectivity index is 1.83. The topological polar surface area (TPSA) is 107 Å². The van der Waals surface area contributed by atoms with Crippen LogP contribution in [0.4, 0.5) is 0 Å². The number of rotatable bonds is 4. The summed E-state index contributed by atoms with van der Waals surface area (Å²) in [4.78, 5) is 13.1. The van der Waals surface area contributed by atoms with Crippen LogP contribution in [0.3, 0.4) is 0 Å². The van der Waals surface area contributed by atoms with E-state index in [0.717, 1.165) is 23.1 Å². The quantitative estimate of drug-likeness (QED) is 0.600. The number of hydrogen-bond acceptors (Lipinski definition) is 8. The van der Waals surface area contributed by atoms with Crippen molar-refractivity contribution in [3.8, 4) is 0 Å². The summed E-state index contributed by atoms with van der Waals surface area (Å²) in [5.74, 6) is -0.251. The number of thiophene rings is 1. The highest BCUT2D eigenvalue weighted by molar-refractivity contribution is 8.04. The molecule has 0 amide bonds. The number of carbonyl (C=O) groups excluding carboxylic acids is 1. The van der Waals surface area contributed by atoms with Gasteiger partial charge >= 0.3 is 0 Å². The van der Waals surface area contributed by atoms with Crippen molar-refractivity contribution in [3.63, 3.8) is 0 Å². The van der Waals surface area contributed by atoms with Gasteiger partial charge in [0.25, 0.3) is 10.0 Å². The zero-order valence-electron chi connectivity index (χ0n) is 14.1. The highest BCUT2D eigenvalue weighted by atomic mass is 35.5. The second kappa shape index (κ2) is 7.24. The summed E-state index contributed by atoms with van der Waals surface area (Å²) >= 11 is 7.81. The van der Waals surface area contributed by atoms with Gasteiger partial charge in [-0.05, 0) is 40.4 Å². The van der Waals surface area contributed by atoms with Crippen molar-refractivity contribution in [3.05, 3.63) is 62.8 Å². The number of nitrogens with zero attached hydrogens (tertiary/aromatic N) is 5. The predicted molar refractivity (Wildman–Crippen MR) is 107 cm³/mol. The molecular weight excluding hydrogens is 442 g/mol. The Bertz CT molecular complexity index is 1260. The molecular formula is C16H10ClN5O3S3. The fourth-order valence-electron chi connectivity index (χ4n) is 2.47. The van der Waals surface area contributed by atoms with Gasteiger partial charge in [-0.3, -0.25) is 4.79 Å². The van der Waals surface area contributed by atoms with Gasteiger partial charge < -0.3 is 0 Å². The average molecular weight is 452 g/mol. The molecule has 2 aromatic heterocycles. The maximum absolute atomic E-state index is 12.9. The zero-order valence-corrected chi connectivity index (χ0v) is 17.3. The first kappa shape index (κ1) is 19.0. The first-order valence-electron chi connectivity index (χ1n) is 7.71. The molecule has 1 aromatic carbocycles. The zero-order chi connectivity index (χ0) is 19.9. The molecule has 0 radical (unpaired) electrons. The molecule has 0 saturated carbocycles. The third kappa shape index (κ3) is 3.53. The van der Waals surface area contributed by atoms with Crippen molar-refractivity contribution in [1.82, 2.24) is 20.2 Å². The number of fused-ring (bicyclic) bond motifs is 1. The van der Waals surface area contributed by atoms with Gasteiger partial charge in [-0.2, -0.15) is 12.8 Å². The molecule has 0 spiro atoms. The summed E-state index contributed by atoms with van der Waals surface area (Å²) in [7, 11) is -2.34. The van der Waals surface area contributed by atoms with Gasteiger partial charge in [-0.15, -0.1) is 16.4 Å². The van der Waals surface area contributed by atoms with Crippen LogP contribution in [0.5, 0.6) is 0 Å². The van der Waals surface area contributed by atoms with E-state index in [1.54, 1.807) is 31.3 Å². The van der Waals surface area contributed by atoms with E-state index in [4.69, 9.17) is 11.6 Å². The van der Waals surface area contributed by atoms with Crippen LogP contribution in [0, 0.1) is 0 Å². The van der Waals surface area contributed by atoms with E-state index in [9.17, 15) is 13.2 Å². The Morgan fingerprint density at radius 2 is 1.93 bits per heavy atom. The van der Waals surface area contributed by atoms with Gasteiger partial charge in [0.05, 0.1) is 15.0 Å². The van der Waals surface area contributed by atoms with Gasteiger partial charge in [-0.25, -0.2) is 4.68 Å². The number of Topliss-reactive ketones (excluding diaryl/α,β-unsaturated/α-hetero) is 1. The van der Waals surface area contributed by atoms with Crippen LogP contribution >= 0.6 is 34.7 Å². The van der Waals surface area contributed by atoms with Crippen molar-refractivity contribution >= 4 is 56.2 Å². The Kier molecular flexibility index (Phi) is 4.91. The van der Waals surface area contributed by atoms with Gasteiger partial charge in [0.15, 0.2) is 0 Å². The molecule has 2 heterocycles. The number of sulfonamides is 1. The number of hydrogen-bond donors (Lipinski definition) is 0. The number of aryl methyl sites for hydroxylation is 1. The molecule has 0 fully saturated rings. The number of benzene rings is 1. The maximum Gasteiger partial charge on any atom is 0.292 e. The number of aromatic nitrogens is 4. The Morgan fingerprint density at radius 3 is 2.57 bits per heavy atom. The number of tetrazole rings is 1. The summed E-state index contributed by atoms with van der Waals surface area (Å²) in [5.41, 5.74) is 0.970. The van der Waals surface area contributed by atoms with E-state index in [0.29, 0.717) is 20.6 Å². The van der Waals surface area contributed by atoms with Crippen LogP contribution < -0.4 is 0 Å². The second-order valence-electron chi connectivity index (χ2n) is 5.58. The number of halogens is 1. The summed E-state index contributed by atoms with van der Waals surface area (Å²) in [6.07, 6.45) is 1.44. The van der Waals surface area contributed by atoms with Crippen molar-refractivity contribution in [2.24, 2.45) is 11.4 Å². The van der Waals surface area contributed by atoms with E-state index in [2.05, 4.69) is 19.9 Å². The third-order valence-corrected chi connectivity index (χ3v) is 7.78. The maximum atomic E-state index is 12.9. The molecule has 0 saturated heterocycles. The minimum Gasteiger partial charge on any atom is -0.288 e. The van der Waals surface area contributed by atoms with Crippen LogP contribution in [0.2, 0.25) is 4.34 Å². The molecule has 4 rings (SSSR count). The fourth-order valence-corrected chi connectivity index (χ4v) is 5.75. The SMILES string of the molecule is Cn1nnnc1SC1=C/C(=N\S(=O)(=O)c2ccc(Cl)s2)c2ccccc2C1=O. The lowest BCUT2D eigenvalue weighted by atomic mass is 9.94. The fraction of sp³-hybridized carbons (Fsp3) is 0.0625. The van der Waals surface area contributed by atoms with Gasteiger partial charge in [0.2, 0.25) is 10.9 Å². The summed E-state index contributed by atoms with van der Waals surface area (Å²) in [6.45, 7) is 0. The van der Waals surface area contributed by atoms with Crippen molar-refractivity contribution < 1.29 is 13.2 Å². The first-order valence-corrected chi connectivity index (χ1v) is 11.2. The third-order valence-electron chi connectivity index (χ3n) is 3.74. The van der Waals surface area contributed by atoms with Crippen LogP contribution in [-0.4, -0.2) is 40.1 Å². The smallest absolute Gasteiger partial charge is 0.288 e. The summed E-state index contributed by atoms with van der Waals surface area (Å²) in [5, 5.41) is 11.5. The number of thioether (sulfide) groups is 1. The number of allylic oxidation sites excluding steroid dienone is 2. The van der Waals surface area contributed by atoms with Gasteiger partial charge in [0.1, 0.15) is 4.21 Å². The molecule has 142 valence electrons. The average Bonchev–Trinajstić information content (AvgIpc) is 3.28. The molecule has 0 unspecified atom stereocenters. The summed E-state index contributed by atoms with van der Waals surface area (Å²) in [6, 6.07) is 9.61. The molecule has 0 aliphatic heterocycles. The van der Waals surface area contributed by atoms with E-state index >= 15 is 0 Å².